The number of hydrogen-bond acceptors (Lipinski definition) is 8. The molecule has 3 atom stereocenters. The van der Waals surface area contributed by atoms with Gasteiger partial charge in [-0.1, -0.05) is 6.42 Å². The van der Waals surface area contributed by atoms with Crippen LogP contribution in [0.15, 0.2) is 17.1 Å². The number of hydrogen-bond donors (Lipinski definition) is 4. The lowest BCUT2D eigenvalue weighted by atomic mass is 9.77. The van der Waals surface area contributed by atoms with Crippen molar-refractivity contribution >= 4 is 11.7 Å². The maximum atomic E-state index is 12.7. The number of nitrogens with two attached hydrogens (primary N) is 3. The molecule has 1 amide bonds. The lowest BCUT2D eigenvalue weighted by molar-refractivity contribution is -0.202. The second kappa shape index (κ2) is 9.01. The number of ether oxygens (including phenoxy) is 1. The molecule has 0 saturated carbocycles. The van der Waals surface area contributed by atoms with Crippen molar-refractivity contribution in [3.05, 3.63) is 22.7 Å². The minimum absolute atomic E-state index is 0.0415. The molecule has 1 spiro atoms. The van der Waals surface area contributed by atoms with Crippen molar-refractivity contribution in [2.24, 2.45) is 11.5 Å². The number of aliphatic hydroxyl groups is 1. The lowest BCUT2D eigenvalue weighted by Gasteiger charge is -2.51. The Balaban J connectivity index is 1.67. The van der Waals surface area contributed by atoms with Crippen molar-refractivity contribution in [3.8, 4) is 0 Å². The van der Waals surface area contributed by atoms with E-state index in [2.05, 4.69) is 4.98 Å². The molecule has 10 nitrogen and oxygen atoms in total. The van der Waals surface area contributed by atoms with Crippen molar-refractivity contribution in [2.75, 3.05) is 32.0 Å². The Morgan fingerprint density at radius 3 is 2.73 bits per heavy atom. The third-order valence-electron chi connectivity index (χ3n) is 6.41. The van der Waals surface area contributed by atoms with E-state index in [0.717, 1.165) is 12.8 Å². The number of piperidine rings is 1. The molecule has 168 valence electrons. The summed E-state index contributed by atoms with van der Waals surface area (Å²) in [5, 5.41) is 10.9. The number of nitrogen functional groups attached to an aromatic ring is 1. The van der Waals surface area contributed by atoms with Gasteiger partial charge in [-0.2, -0.15) is 4.98 Å². The van der Waals surface area contributed by atoms with Gasteiger partial charge in [0.05, 0.1) is 24.3 Å². The minimum atomic E-state index is -1.22. The van der Waals surface area contributed by atoms with Crippen LogP contribution in [0.3, 0.4) is 0 Å². The third kappa shape index (κ3) is 4.83. The summed E-state index contributed by atoms with van der Waals surface area (Å²) in [5.74, 6) is 0.104. The Morgan fingerprint density at radius 2 is 2.10 bits per heavy atom. The first-order valence-electron chi connectivity index (χ1n) is 10.6. The summed E-state index contributed by atoms with van der Waals surface area (Å²) < 4.78 is 7.55. The quantitative estimate of drug-likeness (QED) is 0.440. The van der Waals surface area contributed by atoms with E-state index in [1.54, 1.807) is 24.1 Å². The Kier molecular flexibility index (Phi) is 6.81. The molecule has 30 heavy (non-hydrogen) atoms. The number of rotatable bonds is 6. The fourth-order valence-corrected chi connectivity index (χ4v) is 4.44. The number of aromatic nitrogens is 2. The molecule has 7 N–H and O–H groups in total. The third-order valence-corrected chi connectivity index (χ3v) is 6.41. The molecule has 2 fully saturated rings. The molecule has 2 saturated heterocycles. The molecule has 0 bridgehead atoms. The Bertz CT molecular complexity index is 803. The summed E-state index contributed by atoms with van der Waals surface area (Å²) >= 11 is 0. The first kappa shape index (κ1) is 22.7. The van der Waals surface area contributed by atoms with E-state index in [4.69, 9.17) is 21.9 Å². The molecule has 0 unspecified atom stereocenters. The topological polar surface area (TPSA) is 163 Å². The van der Waals surface area contributed by atoms with Gasteiger partial charge in [-0.05, 0) is 45.2 Å². The maximum absolute atomic E-state index is 12.7. The van der Waals surface area contributed by atoms with E-state index in [9.17, 15) is 14.7 Å². The molecule has 0 aliphatic carbocycles. The van der Waals surface area contributed by atoms with E-state index >= 15 is 0 Å². The molecule has 0 aromatic carbocycles. The van der Waals surface area contributed by atoms with Gasteiger partial charge >= 0.3 is 5.69 Å². The summed E-state index contributed by atoms with van der Waals surface area (Å²) in [5.41, 5.74) is 15.0. The summed E-state index contributed by atoms with van der Waals surface area (Å²) in [6.07, 6.45) is 5.60. The number of unbranched alkanes of at least 4 members (excludes halogenated alkanes) is 1. The molecule has 10 heteroatoms. The normalized spacial score (nSPS) is 27.2. The van der Waals surface area contributed by atoms with E-state index in [1.165, 1.54) is 4.57 Å². The van der Waals surface area contributed by atoms with Crippen LogP contribution in [0.5, 0.6) is 0 Å². The smallest absolute Gasteiger partial charge is 0.349 e. The van der Waals surface area contributed by atoms with Crippen LogP contribution < -0.4 is 22.9 Å². The van der Waals surface area contributed by atoms with E-state index < -0.39 is 29.0 Å². The first-order chi connectivity index (χ1) is 14.2. The number of anilines is 1. The van der Waals surface area contributed by atoms with Gasteiger partial charge < -0.3 is 31.9 Å². The van der Waals surface area contributed by atoms with Crippen LogP contribution in [0, 0.1) is 0 Å². The summed E-state index contributed by atoms with van der Waals surface area (Å²) in [6, 6.07) is 0.547. The molecule has 1 aromatic rings. The Labute approximate surface area is 176 Å². The van der Waals surface area contributed by atoms with Gasteiger partial charge in [-0.25, -0.2) is 4.79 Å². The zero-order chi connectivity index (χ0) is 21.9. The van der Waals surface area contributed by atoms with Crippen molar-refractivity contribution in [3.63, 3.8) is 0 Å². The van der Waals surface area contributed by atoms with Crippen LogP contribution in [0.2, 0.25) is 0 Å². The van der Waals surface area contributed by atoms with E-state index in [-0.39, 0.29) is 18.3 Å². The van der Waals surface area contributed by atoms with Gasteiger partial charge in [0.25, 0.3) is 0 Å². The first-order valence-corrected chi connectivity index (χ1v) is 10.6. The predicted octanol–water partition coefficient (Wildman–Crippen LogP) is -0.645. The van der Waals surface area contributed by atoms with Crippen LogP contribution in [0.1, 0.15) is 51.5 Å². The fourth-order valence-electron chi connectivity index (χ4n) is 4.44. The van der Waals surface area contributed by atoms with Gasteiger partial charge in [0.1, 0.15) is 11.4 Å². The second-order valence-corrected chi connectivity index (χ2v) is 8.81. The van der Waals surface area contributed by atoms with E-state index in [0.29, 0.717) is 45.3 Å². The monoisotopic (exact) mass is 422 g/mol. The van der Waals surface area contributed by atoms with Gasteiger partial charge in [-0.3, -0.25) is 9.36 Å². The molecule has 2 aliphatic heterocycles. The van der Waals surface area contributed by atoms with Crippen molar-refractivity contribution in [2.45, 2.75) is 68.7 Å². The number of carbonyl (C=O) groups is 1. The zero-order valence-corrected chi connectivity index (χ0v) is 17.6. The summed E-state index contributed by atoms with van der Waals surface area (Å²) in [7, 11) is 0. The molecule has 3 rings (SSSR count). The van der Waals surface area contributed by atoms with Crippen LogP contribution in [0.4, 0.5) is 5.82 Å². The van der Waals surface area contributed by atoms with Gasteiger partial charge in [0, 0.05) is 25.7 Å². The average molecular weight is 423 g/mol. The lowest BCUT2D eigenvalue weighted by Crippen LogP contribution is -2.59. The van der Waals surface area contributed by atoms with Crippen LogP contribution >= 0.6 is 0 Å². The number of amides is 1. The van der Waals surface area contributed by atoms with Crippen molar-refractivity contribution < 1.29 is 14.6 Å². The highest BCUT2D eigenvalue weighted by Crippen LogP contribution is 2.43. The fraction of sp³-hybridized carbons (Fsp3) is 0.750. The number of carbonyl (C=O) groups excluding carboxylic acids is 1. The highest BCUT2D eigenvalue weighted by Gasteiger charge is 2.49. The SMILES string of the molecule is C[C@]1(O)COC2(CCN(C(=O)[C@@H](N)CCCCN)CC2)C[C@@H]1n1ccc(N)nc1=O. The molecule has 2 aliphatic rings. The highest BCUT2D eigenvalue weighted by atomic mass is 16.5. The number of nitrogens with zero attached hydrogens (tertiary/aromatic N) is 3. The Morgan fingerprint density at radius 1 is 1.40 bits per heavy atom. The average Bonchev–Trinajstić information content (AvgIpc) is 2.71. The summed E-state index contributed by atoms with van der Waals surface area (Å²) in [6.45, 7) is 3.43. The van der Waals surface area contributed by atoms with Gasteiger partial charge in [-0.15, -0.1) is 0 Å². The highest BCUT2D eigenvalue weighted by molar-refractivity contribution is 5.81. The molecule has 0 radical (unpaired) electrons. The van der Waals surface area contributed by atoms with Crippen molar-refractivity contribution in [1.82, 2.24) is 14.5 Å². The molecule has 3 heterocycles. The maximum Gasteiger partial charge on any atom is 0.349 e. The van der Waals surface area contributed by atoms with Gasteiger partial charge in [0.15, 0.2) is 0 Å². The van der Waals surface area contributed by atoms with E-state index in [1.807, 2.05) is 0 Å². The predicted molar refractivity (Wildman–Crippen MR) is 113 cm³/mol. The number of likely N-dealkylation sites (tertiary alicyclic amines) is 1. The van der Waals surface area contributed by atoms with Crippen LogP contribution in [-0.4, -0.2) is 68.9 Å². The second-order valence-electron chi connectivity index (χ2n) is 8.81. The van der Waals surface area contributed by atoms with Gasteiger partial charge in [0.2, 0.25) is 5.91 Å². The summed E-state index contributed by atoms with van der Waals surface area (Å²) in [4.78, 5) is 30.6. The minimum Gasteiger partial charge on any atom is -0.386 e. The van der Waals surface area contributed by atoms with Crippen LogP contribution in [-0.2, 0) is 9.53 Å². The van der Waals surface area contributed by atoms with Crippen LogP contribution in [0.25, 0.3) is 0 Å². The standard InChI is InChI=1S/C20H34N6O4/c1-19(29)13-30-20(12-15(19)26-9-5-16(23)24-18(26)28)6-10-25(11-7-20)17(27)14(22)4-2-3-8-21/h5,9,14-15,29H,2-4,6-8,10-13,21-22H2,1H3,(H2,23,24,28)/t14-,15-,19-/m0/s1. The molecular formula is C20H34N6O4. The zero-order valence-electron chi connectivity index (χ0n) is 17.6. The molecular weight excluding hydrogens is 388 g/mol. The van der Waals surface area contributed by atoms with Crippen molar-refractivity contribution in [1.29, 1.82) is 0 Å². The largest absolute Gasteiger partial charge is 0.386 e. The Hall–Kier alpha value is -2.01. The molecule has 1 aromatic heterocycles.